The van der Waals surface area contributed by atoms with Crippen LogP contribution < -0.4 is 16.8 Å². The highest BCUT2D eigenvalue weighted by Gasteiger charge is 2.22. The van der Waals surface area contributed by atoms with Crippen LogP contribution in [-0.2, 0) is 34.5 Å². The highest BCUT2D eigenvalue weighted by molar-refractivity contribution is 7.91. The van der Waals surface area contributed by atoms with Crippen LogP contribution in [0.15, 0.2) is 68.6 Å². The molecule has 2 amide bonds. The number of rotatable bonds is 9. The largest absolute Gasteiger partial charge is 0.399 e. The van der Waals surface area contributed by atoms with Crippen molar-refractivity contribution in [1.82, 2.24) is 0 Å². The molecule has 3 rings (SSSR count). The summed E-state index contributed by atoms with van der Waals surface area (Å²) >= 11 is 0. The molecule has 0 aromatic heterocycles. The molecule has 3 aromatic rings. The van der Waals surface area contributed by atoms with Crippen LogP contribution in [0, 0.1) is 0 Å². The zero-order chi connectivity index (χ0) is 27.6. The first-order valence-electron chi connectivity index (χ1n) is 9.83. The molecule has 0 spiro atoms. The molecule has 0 aliphatic rings. The van der Waals surface area contributed by atoms with E-state index in [9.17, 15) is 34.6 Å². The zero-order valence-corrected chi connectivity index (χ0v) is 20.9. The number of nitrogens with zero attached hydrogens (tertiary/aromatic N) is 2. The summed E-state index contributed by atoms with van der Waals surface area (Å²) < 4.78 is 93.1. The molecule has 0 saturated heterocycles. The second-order valence-corrected chi connectivity index (χ2v) is 11.9. The van der Waals surface area contributed by atoms with E-state index in [1.54, 1.807) is 0 Å². The van der Waals surface area contributed by atoms with Crippen molar-refractivity contribution in [2.75, 3.05) is 23.4 Å². The Bertz CT molecular complexity index is 1740. The minimum absolute atomic E-state index is 0.0583. The molecule has 15 nitrogen and oxygen atoms in total. The lowest BCUT2D eigenvalue weighted by Gasteiger charge is -2.10. The van der Waals surface area contributed by atoms with Crippen LogP contribution in [0.2, 0.25) is 0 Å². The molecular weight excluding hydrogens is 554 g/mol. The predicted octanol–water partition coefficient (Wildman–Crippen LogP) is 2.17. The molecule has 0 radical (unpaired) electrons. The Morgan fingerprint density at radius 2 is 1.57 bits per heavy atom. The fraction of sp³-hybridized carbons (Fsp3) is 0.105. The number of hydrogen-bond donors (Lipinski definition) is 5. The average molecular weight is 574 g/mol. The molecule has 0 aliphatic carbocycles. The SMILES string of the molecule is NC(=O)Nc1cc(N)ccc1N=Nc1ccc2cc(S(=O)(=O)CCOS(=O)(=O)O)ccc2c1S(=O)(=O)O. The van der Waals surface area contributed by atoms with Crippen molar-refractivity contribution in [1.29, 1.82) is 0 Å². The second-order valence-electron chi connectivity index (χ2n) is 7.31. The van der Waals surface area contributed by atoms with Crippen LogP contribution in [0.4, 0.5) is 27.5 Å². The molecule has 7 N–H and O–H groups in total. The topological polar surface area (TPSA) is 258 Å². The first kappa shape index (κ1) is 27.9. The summed E-state index contributed by atoms with van der Waals surface area (Å²) in [6.45, 7) is -0.855. The maximum absolute atomic E-state index is 12.5. The summed E-state index contributed by atoms with van der Waals surface area (Å²) in [5, 5.41) is 10.0. The van der Waals surface area contributed by atoms with Crippen LogP contribution in [0.1, 0.15) is 0 Å². The monoisotopic (exact) mass is 573 g/mol. The number of carbonyl (C=O) groups is 1. The maximum atomic E-state index is 12.5. The van der Waals surface area contributed by atoms with Crippen molar-refractivity contribution in [2.24, 2.45) is 16.0 Å². The van der Waals surface area contributed by atoms with Gasteiger partial charge in [-0.05, 0) is 41.8 Å². The number of anilines is 2. The minimum Gasteiger partial charge on any atom is -0.399 e. The highest BCUT2D eigenvalue weighted by Crippen LogP contribution is 2.36. The Hall–Kier alpha value is -3.68. The number of azo groups is 1. The van der Waals surface area contributed by atoms with Gasteiger partial charge in [-0.15, -0.1) is 10.2 Å². The van der Waals surface area contributed by atoms with Crippen molar-refractivity contribution in [3.63, 3.8) is 0 Å². The molecule has 0 heterocycles. The summed E-state index contributed by atoms with van der Waals surface area (Å²) in [5.74, 6) is -0.807. The number of urea groups is 1. The van der Waals surface area contributed by atoms with Crippen LogP contribution in [0.3, 0.4) is 0 Å². The van der Waals surface area contributed by atoms with E-state index >= 15 is 0 Å². The molecule has 0 unspecified atom stereocenters. The van der Waals surface area contributed by atoms with Gasteiger partial charge in [0.25, 0.3) is 10.1 Å². The lowest BCUT2D eigenvalue weighted by atomic mass is 10.1. The Morgan fingerprint density at radius 3 is 2.19 bits per heavy atom. The summed E-state index contributed by atoms with van der Waals surface area (Å²) in [7, 11) is -13.9. The van der Waals surface area contributed by atoms with Gasteiger partial charge in [-0.1, -0.05) is 12.1 Å². The standard InChI is InChI=1S/C19H19N5O10S3/c20-12-2-6-15(17(10-12)22-19(21)25)23-24-16-5-1-11-9-13(3-4-14(11)18(16)36(28,29)30)35(26,27)8-7-34-37(31,32)33/h1-6,9-10H,7-8,20H2,(H3,21,22,25)(H,28,29,30)(H,31,32,33). The summed E-state index contributed by atoms with van der Waals surface area (Å²) in [5.41, 5.74) is 10.9. The van der Waals surface area contributed by atoms with Gasteiger partial charge in [0.05, 0.1) is 22.9 Å². The summed E-state index contributed by atoms with van der Waals surface area (Å²) in [4.78, 5) is 10.3. The van der Waals surface area contributed by atoms with Gasteiger partial charge in [0, 0.05) is 11.1 Å². The van der Waals surface area contributed by atoms with Crippen molar-refractivity contribution in [2.45, 2.75) is 9.79 Å². The van der Waals surface area contributed by atoms with E-state index in [0.29, 0.717) is 0 Å². The van der Waals surface area contributed by atoms with Gasteiger partial charge in [0.2, 0.25) is 0 Å². The molecule has 3 aromatic carbocycles. The van der Waals surface area contributed by atoms with Crippen LogP contribution in [-0.4, -0.2) is 52.7 Å². The second kappa shape index (κ2) is 10.4. The van der Waals surface area contributed by atoms with Crippen molar-refractivity contribution in [3.8, 4) is 0 Å². The van der Waals surface area contributed by atoms with Crippen molar-refractivity contribution in [3.05, 3.63) is 48.5 Å². The van der Waals surface area contributed by atoms with Gasteiger partial charge >= 0.3 is 16.4 Å². The molecule has 0 fully saturated rings. The molecule has 0 bridgehead atoms. The Kier molecular flexibility index (Phi) is 7.81. The van der Waals surface area contributed by atoms with Crippen LogP contribution in [0.25, 0.3) is 10.8 Å². The molecule has 198 valence electrons. The van der Waals surface area contributed by atoms with Gasteiger partial charge in [0.1, 0.15) is 16.3 Å². The lowest BCUT2D eigenvalue weighted by molar-refractivity contribution is 0.259. The van der Waals surface area contributed by atoms with Gasteiger partial charge in [-0.25, -0.2) is 17.4 Å². The van der Waals surface area contributed by atoms with E-state index < -0.39 is 53.6 Å². The fourth-order valence-electron chi connectivity index (χ4n) is 3.16. The third kappa shape index (κ3) is 7.18. The van der Waals surface area contributed by atoms with E-state index in [1.165, 1.54) is 24.3 Å². The number of nitrogen functional groups attached to an aromatic ring is 1. The smallest absolute Gasteiger partial charge is 0.397 e. The first-order chi connectivity index (χ1) is 17.1. The number of fused-ring (bicyclic) bond motifs is 1. The number of primary amides is 1. The maximum Gasteiger partial charge on any atom is 0.397 e. The first-order valence-corrected chi connectivity index (χ1v) is 14.3. The molecular formula is C19H19N5O10S3. The minimum atomic E-state index is -4.91. The van der Waals surface area contributed by atoms with Gasteiger partial charge in [-0.2, -0.15) is 16.8 Å². The number of nitrogens with two attached hydrogens (primary N) is 2. The van der Waals surface area contributed by atoms with Gasteiger partial charge in [0.15, 0.2) is 9.84 Å². The van der Waals surface area contributed by atoms with Crippen molar-refractivity contribution >= 4 is 69.9 Å². The van der Waals surface area contributed by atoms with E-state index in [0.717, 1.165) is 24.3 Å². The Morgan fingerprint density at radius 1 is 0.919 bits per heavy atom. The summed E-state index contributed by atoms with van der Waals surface area (Å²) in [6.07, 6.45) is 0. The number of carbonyl (C=O) groups excluding carboxylic acids is 1. The number of benzene rings is 3. The van der Waals surface area contributed by atoms with Crippen LogP contribution >= 0.6 is 0 Å². The fourth-order valence-corrected chi connectivity index (χ4v) is 5.52. The number of sulfone groups is 1. The Balaban J connectivity index is 2.06. The number of nitrogens with one attached hydrogen (secondary N) is 1. The molecule has 0 saturated carbocycles. The quantitative estimate of drug-likeness (QED) is 0.141. The zero-order valence-electron chi connectivity index (χ0n) is 18.5. The lowest BCUT2D eigenvalue weighted by Crippen LogP contribution is -2.19. The third-order valence-corrected chi connectivity index (χ3v) is 7.75. The molecule has 0 atom stereocenters. The van der Waals surface area contributed by atoms with E-state index in [4.69, 9.17) is 16.0 Å². The van der Waals surface area contributed by atoms with E-state index in [2.05, 4.69) is 19.7 Å². The Labute approximate surface area is 210 Å². The van der Waals surface area contributed by atoms with Gasteiger partial charge in [-0.3, -0.25) is 9.11 Å². The van der Waals surface area contributed by atoms with E-state index in [1.807, 2.05) is 0 Å². The predicted molar refractivity (Wildman–Crippen MR) is 132 cm³/mol. The molecule has 0 aliphatic heterocycles. The van der Waals surface area contributed by atoms with Gasteiger partial charge < -0.3 is 16.8 Å². The normalized spacial score (nSPS) is 12.7. The number of hydrogen-bond acceptors (Lipinski definition) is 11. The molecule has 18 heteroatoms. The molecule has 37 heavy (non-hydrogen) atoms. The van der Waals surface area contributed by atoms with Crippen molar-refractivity contribution < 1.29 is 43.3 Å². The average Bonchev–Trinajstić information content (AvgIpc) is 2.75. The van der Waals surface area contributed by atoms with E-state index in [-0.39, 0.29) is 38.4 Å². The summed E-state index contributed by atoms with van der Waals surface area (Å²) in [6, 6.07) is 8.96. The number of amides is 2. The highest BCUT2D eigenvalue weighted by atomic mass is 32.3. The third-order valence-electron chi connectivity index (χ3n) is 4.67. The van der Waals surface area contributed by atoms with Crippen LogP contribution in [0.5, 0.6) is 0 Å².